The lowest BCUT2D eigenvalue weighted by atomic mass is 10.1. The molecule has 0 atom stereocenters. The number of hydrogen-bond acceptors (Lipinski definition) is 5. The predicted molar refractivity (Wildman–Crippen MR) is 96.0 cm³/mol. The van der Waals surface area contributed by atoms with Crippen LogP contribution < -0.4 is 0 Å². The molecule has 1 amide bonds. The summed E-state index contributed by atoms with van der Waals surface area (Å²) in [7, 11) is 1.59. The monoisotopic (exact) mass is 376 g/mol. The second-order valence-electron chi connectivity index (χ2n) is 5.73. The van der Waals surface area contributed by atoms with Crippen LogP contribution in [0.5, 0.6) is 0 Å². The summed E-state index contributed by atoms with van der Waals surface area (Å²) in [5.41, 5.74) is 1.61. The van der Waals surface area contributed by atoms with Gasteiger partial charge in [0.15, 0.2) is 6.61 Å². The van der Waals surface area contributed by atoms with Gasteiger partial charge in [-0.1, -0.05) is 41.4 Å². The minimum atomic E-state index is -0.893. The lowest BCUT2D eigenvalue weighted by molar-refractivity contribution is -0.384. The van der Waals surface area contributed by atoms with Crippen LogP contribution in [0.3, 0.4) is 0 Å². The molecule has 2 aromatic rings. The van der Waals surface area contributed by atoms with Crippen LogP contribution in [0, 0.1) is 17.0 Å². The van der Waals surface area contributed by atoms with E-state index in [0.717, 1.165) is 17.2 Å². The summed E-state index contributed by atoms with van der Waals surface area (Å²) in [6, 6.07) is 11.1. The van der Waals surface area contributed by atoms with E-state index in [4.69, 9.17) is 16.3 Å². The molecule has 0 saturated carbocycles. The van der Waals surface area contributed by atoms with E-state index in [1.54, 1.807) is 7.05 Å². The normalized spacial score (nSPS) is 10.3. The van der Waals surface area contributed by atoms with Crippen LogP contribution in [0.15, 0.2) is 42.5 Å². The molecule has 7 nitrogen and oxygen atoms in total. The number of aryl methyl sites for hydroxylation is 1. The maximum absolute atomic E-state index is 12.1. The first-order valence-electron chi connectivity index (χ1n) is 7.68. The average Bonchev–Trinajstić information content (AvgIpc) is 2.61. The van der Waals surface area contributed by atoms with E-state index in [9.17, 15) is 19.7 Å². The first-order valence-corrected chi connectivity index (χ1v) is 8.06. The van der Waals surface area contributed by atoms with Crippen molar-refractivity contribution in [3.8, 4) is 0 Å². The number of halogens is 1. The smallest absolute Gasteiger partial charge is 0.340 e. The summed E-state index contributed by atoms with van der Waals surface area (Å²) in [4.78, 5) is 35.7. The highest BCUT2D eigenvalue weighted by Crippen LogP contribution is 2.22. The van der Waals surface area contributed by atoms with E-state index in [0.29, 0.717) is 6.54 Å². The molecular formula is C18H17ClN2O5. The number of benzene rings is 2. The second-order valence-corrected chi connectivity index (χ2v) is 6.14. The van der Waals surface area contributed by atoms with Gasteiger partial charge in [0.05, 0.1) is 15.5 Å². The highest BCUT2D eigenvalue weighted by Gasteiger charge is 2.19. The third-order valence-electron chi connectivity index (χ3n) is 3.67. The Labute approximate surface area is 155 Å². The quantitative estimate of drug-likeness (QED) is 0.438. The van der Waals surface area contributed by atoms with Crippen molar-refractivity contribution in [2.75, 3.05) is 13.7 Å². The molecule has 0 saturated heterocycles. The number of hydrogen-bond donors (Lipinski definition) is 0. The Morgan fingerprint density at radius 1 is 1.19 bits per heavy atom. The van der Waals surface area contributed by atoms with Crippen LogP contribution in [0.2, 0.25) is 5.02 Å². The molecule has 0 unspecified atom stereocenters. The number of carbonyl (C=O) groups excluding carboxylic acids is 2. The lowest BCUT2D eigenvalue weighted by Crippen LogP contribution is -2.30. The summed E-state index contributed by atoms with van der Waals surface area (Å²) in [5.74, 6) is -1.30. The molecule has 0 aliphatic carbocycles. The van der Waals surface area contributed by atoms with Crippen molar-refractivity contribution in [1.82, 2.24) is 4.90 Å². The van der Waals surface area contributed by atoms with Crippen LogP contribution >= 0.6 is 11.6 Å². The van der Waals surface area contributed by atoms with Gasteiger partial charge in [-0.15, -0.1) is 0 Å². The first kappa shape index (κ1) is 19.4. The number of esters is 1. The van der Waals surface area contributed by atoms with E-state index in [1.807, 2.05) is 31.2 Å². The molecule has 0 fully saturated rings. The zero-order valence-corrected chi connectivity index (χ0v) is 15.0. The van der Waals surface area contributed by atoms with Gasteiger partial charge in [0.1, 0.15) is 0 Å². The number of amides is 1. The maximum atomic E-state index is 12.1. The number of likely N-dealkylation sites (N-methyl/N-ethyl adjacent to an activating group) is 1. The highest BCUT2D eigenvalue weighted by molar-refractivity contribution is 6.33. The van der Waals surface area contributed by atoms with Crippen LogP contribution in [0.4, 0.5) is 5.69 Å². The summed E-state index contributed by atoms with van der Waals surface area (Å²) in [5, 5.41) is 10.8. The zero-order valence-electron chi connectivity index (χ0n) is 14.3. The molecule has 26 heavy (non-hydrogen) atoms. The predicted octanol–water partition coefficient (Wildman–Crippen LogP) is 3.37. The SMILES string of the molecule is Cc1ccc(CN(C)C(=O)COC(=O)c2cc([N+](=O)[O-])ccc2Cl)cc1. The van der Waals surface area contributed by atoms with E-state index >= 15 is 0 Å². The summed E-state index contributed by atoms with van der Waals surface area (Å²) < 4.78 is 4.95. The molecule has 0 radical (unpaired) electrons. The molecule has 2 aromatic carbocycles. The van der Waals surface area contributed by atoms with Gasteiger partial charge < -0.3 is 9.64 Å². The number of nitro groups is 1. The van der Waals surface area contributed by atoms with Crippen molar-refractivity contribution < 1.29 is 19.2 Å². The molecule has 8 heteroatoms. The molecule has 0 bridgehead atoms. The fourth-order valence-electron chi connectivity index (χ4n) is 2.15. The number of rotatable bonds is 6. The second kappa shape index (κ2) is 8.44. The molecule has 0 spiro atoms. The highest BCUT2D eigenvalue weighted by atomic mass is 35.5. The molecule has 0 heterocycles. The van der Waals surface area contributed by atoms with Gasteiger partial charge in [-0.2, -0.15) is 0 Å². The first-order chi connectivity index (χ1) is 12.3. The Bertz CT molecular complexity index is 836. The third-order valence-corrected chi connectivity index (χ3v) is 4.00. The van der Waals surface area contributed by atoms with Crippen LogP contribution in [0.25, 0.3) is 0 Å². The number of nitro benzene ring substituents is 1. The van der Waals surface area contributed by atoms with Crippen LogP contribution in [-0.4, -0.2) is 35.4 Å². The topological polar surface area (TPSA) is 89.8 Å². The van der Waals surface area contributed by atoms with Crippen molar-refractivity contribution in [1.29, 1.82) is 0 Å². The fourth-order valence-corrected chi connectivity index (χ4v) is 2.35. The van der Waals surface area contributed by atoms with Crippen LogP contribution in [-0.2, 0) is 16.1 Å². The minimum Gasteiger partial charge on any atom is -0.452 e. The molecule has 2 rings (SSSR count). The van der Waals surface area contributed by atoms with Crippen molar-refractivity contribution in [3.63, 3.8) is 0 Å². The van der Waals surface area contributed by atoms with Crippen molar-refractivity contribution in [3.05, 3.63) is 74.3 Å². The standard InChI is InChI=1S/C18H17ClN2O5/c1-12-3-5-13(6-4-12)10-20(2)17(22)11-26-18(23)15-9-14(21(24)25)7-8-16(15)19/h3-9H,10-11H2,1-2H3. The fraction of sp³-hybridized carbons (Fsp3) is 0.222. The Kier molecular flexibility index (Phi) is 6.30. The van der Waals surface area contributed by atoms with E-state index in [2.05, 4.69) is 0 Å². The van der Waals surface area contributed by atoms with Gasteiger partial charge in [0.25, 0.3) is 11.6 Å². The molecule has 0 aliphatic heterocycles. The average molecular weight is 377 g/mol. The number of ether oxygens (including phenoxy) is 1. The summed E-state index contributed by atoms with van der Waals surface area (Å²) in [6.07, 6.45) is 0. The molecular weight excluding hydrogens is 360 g/mol. The molecule has 136 valence electrons. The van der Waals surface area contributed by atoms with Gasteiger partial charge in [-0.3, -0.25) is 14.9 Å². The zero-order chi connectivity index (χ0) is 19.3. The Morgan fingerprint density at radius 3 is 2.46 bits per heavy atom. The largest absolute Gasteiger partial charge is 0.452 e. The number of non-ortho nitro benzene ring substituents is 1. The van der Waals surface area contributed by atoms with Gasteiger partial charge in [0, 0.05) is 25.7 Å². The van der Waals surface area contributed by atoms with Gasteiger partial charge in [-0.25, -0.2) is 4.79 Å². The van der Waals surface area contributed by atoms with E-state index < -0.39 is 23.4 Å². The number of carbonyl (C=O) groups is 2. The number of nitrogens with zero attached hydrogens (tertiary/aromatic N) is 2. The van der Waals surface area contributed by atoms with Gasteiger partial charge >= 0.3 is 5.97 Å². The van der Waals surface area contributed by atoms with E-state index in [1.165, 1.54) is 17.0 Å². The summed E-state index contributed by atoms with van der Waals surface area (Å²) >= 11 is 5.87. The van der Waals surface area contributed by atoms with E-state index in [-0.39, 0.29) is 16.3 Å². The van der Waals surface area contributed by atoms with Crippen molar-refractivity contribution >= 4 is 29.2 Å². The van der Waals surface area contributed by atoms with Crippen LogP contribution in [0.1, 0.15) is 21.5 Å². The summed E-state index contributed by atoms with van der Waals surface area (Å²) in [6.45, 7) is 1.85. The van der Waals surface area contributed by atoms with Gasteiger partial charge in [-0.05, 0) is 18.6 Å². The van der Waals surface area contributed by atoms with Crippen molar-refractivity contribution in [2.24, 2.45) is 0 Å². The molecule has 0 aromatic heterocycles. The maximum Gasteiger partial charge on any atom is 0.340 e. The Morgan fingerprint density at radius 2 is 1.85 bits per heavy atom. The Hall–Kier alpha value is -2.93. The Balaban J connectivity index is 1.96. The molecule has 0 N–H and O–H groups in total. The molecule has 0 aliphatic rings. The van der Waals surface area contributed by atoms with Gasteiger partial charge in [0.2, 0.25) is 0 Å². The third kappa shape index (κ3) is 5.03. The minimum absolute atomic E-state index is 0.0149. The lowest BCUT2D eigenvalue weighted by Gasteiger charge is -2.17. The van der Waals surface area contributed by atoms with Crippen molar-refractivity contribution in [2.45, 2.75) is 13.5 Å².